The summed E-state index contributed by atoms with van der Waals surface area (Å²) in [6, 6.07) is 5.50. The Bertz CT molecular complexity index is 555. The van der Waals surface area contributed by atoms with Crippen LogP contribution in [-0.2, 0) is 9.53 Å². The third-order valence-electron chi connectivity index (χ3n) is 3.46. The van der Waals surface area contributed by atoms with Gasteiger partial charge in [0.05, 0.1) is 24.2 Å². The van der Waals surface area contributed by atoms with E-state index in [1.54, 1.807) is 11.0 Å². The maximum absolute atomic E-state index is 12.4. The first-order chi connectivity index (χ1) is 9.65. The van der Waals surface area contributed by atoms with Gasteiger partial charge in [0, 0.05) is 23.5 Å². The lowest BCUT2D eigenvalue weighted by atomic mass is 10.1. The second-order valence-electron chi connectivity index (χ2n) is 4.86. The lowest BCUT2D eigenvalue weighted by Gasteiger charge is -2.27. The average molecular weight is 292 g/mol. The molecule has 20 heavy (non-hydrogen) atoms. The molecule has 1 aromatic rings. The summed E-state index contributed by atoms with van der Waals surface area (Å²) in [5.74, 6) is -0.0209. The molecular weight excluding hydrogens is 276 g/mol. The number of morpholine rings is 1. The second kappa shape index (κ2) is 5.46. The van der Waals surface area contributed by atoms with Crippen molar-refractivity contribution < 1.29 is 14.3 Å². The maximum atomic E-state index is 12.4. The number of hydrogen-bond acceptors (Lipinski definition) is 4. The first-order valence-electron chi connectivity index (χ1n) is 6.64. The molecule has 1 N–H and O–H groups in total. The number of benzene rings is 1. The normalized spacial score (nSPS) is 22.1. The summed E-state index contributed by atoms with van der Waals surface area (Å²) in [5, 5.41) is 2.76. The summed E-state index contributed by atoms with van der Waals surface area (Å²) in [6.45, 7) is 4.28. The summed E-state index contributed by atoms with van der Waals surface area (Å²) in [6.07, 6.45) is 0. The van der Waals surface area contributed by atoms with Gasteiger partial charge in [0.1, 0.15) is 0 Å². The number of ether oxygens (including phenoxy) is 1. The largest absolute Gasteiger partial charge is 0.378 e. The van der Waals surface area contributed by atoms with Gasteiger partial charge in [-0.25, -0.2) is 0 Å². The van der Waals surface area contributed by atoms with Crippen LogP contribution in [0.2, 0.25) is 0 Å². The summed E-state index contributed by atoms with van der Waals surface area (Å²) in [5.41, 5.74) is 1.35. The van der Waals surface area contributed by atoms with Crippen molar-refractivity contribution in [3.8, 4) is 0 Å². The third-order valence-corrected chi connectivity index (χ3v) is 4.63. The van der Waals surface area contributed by atoms with Crippen molar-refractivity contribution in [2.75, 3.05) is 31.6 Å². The molecule has 6 heteroatoms. The van der Waals surface area contributed by atoms with Crippen molar-refractivity contribution in [1.29, 1.82) is 0 Å². The van der Waals surface area contributed by atoms with Crippen LogP contribution in [0.25, 0.3) is 0 Å². The van der Waals surface area contributed by atoms with E-state index < -0.39 is 0 Å². The first-order valence-corrected chi connectivity index (χ1v) is 7.52. The minimum absolute atomic E-state index is 0.00558. The van der Waals surface area contributed by atoms with Crippen molar-refractivity contribution in [3.63, 3.8) is 0 Å². The van der Waals surface area contributed by atoms with E-state index >= 15 is 0 Å². The fraction of sp³-hybridized carbons (Fsp3) is 0.429. The van der Waals surface area contributed by atoms with Crippen LogP contribution in [0.1, 0.15) is 17.3 Å². The molecule has 0 spiro atoms. The SMILES string of the molecule is C[C@@H]1Sc2ccc(C(=O)N3CCOCC3)cc2NC1=O. The monoisotopic (exact) mass is 292 g/mol. The number of hydrogen-bond donors (Lipinski definition) is 1. The van der Waals surface area contributed by atoms with E-state index in [0.29, 0.717) is 31.9 Å². The minimum Gasteiger partial charge on any atom is -0.378 e. The van der Waals surface area contributed by atoms with E-state index in [1.165, 1.54) is 11.8 Å². The number of thioether (sulfide) groups is 1. The molecular formula is C14H16N2O3S. The summed E-state index contributed by atoms with van der Waals surface area (Å²) in [4.78, 5) is 26.9. The van der Waals surface area contributed by atoms with E-state index in [-0.39, 0.29) is 17.1 Å². The Balaban J connectivity index is 1.83. The molecule has 2 aliphatic rings. The van der Waals surface area contributed by atoms with Crippen molar-refractivity contribution in [1.82, 2.24) is 4.90 Å². The van der Waals surface area contributed by atoms with Gasteiger partial charge < -0.3 is 15.0 Å². The van der Waals surface area contributed by atoms with Crippen LogP contribution in [0.4, 0.5) is 5.69 Å². The van der Waals surface area contributed by atoms with E-state index in [0.717, 1.165) is 10.6 Å². The van der Waals surface area contributed by atoms with Crippen molar-refractivity contribution in [2.45, 2.75) is 17.1 Å². The predicted molar refractivity (Wildman–Crippen MR) is 77.1 cm³/mol. The molecule has 0 aliphatic carbocycles. The number of carbonyl (C=O) groups excluding carboxylic acids is 2. The lowest BCUT2D eigenvalue weighted by molar-refractivity contribution is -0.115. The molecule has 0 bridgehead atoms. The maximum Gasteiger partial charge on any atom is 0.254 e. The van der Waals surface area contributed by atoms with Gasteiger partial charge in [-0.1, -0.05) is 0 Å². The predicted octanol–water partition coefficient (Wildman–Crippen LogP) is 1.59. The lowest BCUT2D eigenvalue weighted by Crippen LogP contribution is -2.40. The molecule has 0 unspecified atom stereocenters. The Labute approximate surface area is 121 Å². The highest BCUT2D eigenvalue weighted by Gasteiger charge is 2.25. The number of rotatable bonds is 1. The molecule has 0 radical (unpaired) electrons. The summed E-state index contributed by atoms with van der Waals surface area (Å²) >= 11 is 1.52. The number of nitrogens with one attached hydrogen (secondary N) is 1. The Kier molecular flexibility index (Phi) is 3.67. The highest BCUT2D eigenvalue weighted by atomic mass is 32.2. The van der Waals surface area contributed by atoms with Crippen molar-refractivity contribution >= 4 is 29.3 Å². The van der Waals surface area contributed by atoms with Crippen LogP contribution in [0, 0.1) is 0 Å². The van der Waals surface area contributed by atoms with Crippen LogP contribution in [0.15, 0.2) is 23.1 Å². The molecule has 1 atom stereocenters. The number of fused-ring (bicyclic) bond motifs is 1. The Morgan fingerprint density at radius 2 is 2.15 bits per heavy atom. The van der Waals surface area contributed by atoms with E-state index in [4.69, 9.17) is 4.74 Å². The zero-order valence-electron chi connectivity index (χ0n) is 11.2. The molecule has 2 aliphatic heterocycles. The van der Waals surface area contributed by atoms with Crippen molar-refractivity contribution in [2.24, 2.45) is 0 Å². The van der Waals surface area contributed by atoms with Gasteiger partial charge in [0.15, 0.2) is 0 Å². The molecule has 0 aromatic heterocycles. The average Bonchev–Trinajstić information content (AvgIpc) is 2.48. The molecule has 2 amide bonds. The van der Waals surface area contributed by atoms with Gasteiger partial charge in [-0.15, -0.1) is 11.8 Å². The fourth-order valence-electron chi connectivity index (χ4n) is 2.29. The van der Waals surface area contributed by atoms with Crippen molar-refractivity contribution in [3.05, 3.63) is 23.8 Å². The fourth-order valence-corrected chi connectivity index (χ4v) is 3.22. The minimum atomic E-state index is -0.0942. The van der Waals surface area contributed by atoms with Gasteiger partial charge in [-0.05, 0) is 25.1 Å². The highest BCUT2D eigenvalue weighted by molar-refractivity contribution is 8.00. The molecule has 2 heterocycles. The van der Waals surface area contributed by atoms with Crippen LogP contribution in [-0.4, -0.2) is 48.3 Å². The number of amides is 2. The number of anilines is 1. The van der Waals surface area contributed by atoms with Gasteiger partial charge in [-0.3, -0.25) is 9.59 Å². The zero-order chi connectivity index (χ0) is 14.1. The van der Waals surface area contributed by atoms with Gasteiger partial charge >= 0.3 is 0 Å². The van der Waals surface area contributed by atoms with Crippen LogP contribution in [0.3, 0.4) is 0 Å². The molecule has 5 nitrogen and oxygen atoms in total. The van der Waals surface area contributed by atoms with Crippen LogP contribution >= 0.6 is 11.8 Å². The number of nitrogens with zero attached hydrogens (tertiary/aromatic N) is 1. The Morgan fingerprint density at radius 1 is 1.40 bits per heavy atom. The molecule has 0 saturated carbocycles. The van der Waals surface area contributed by atoms with E-state index in [1.807, 2.05) is 19.1 Å². The zero-order valence-corrected chi connectivity index (χ0v) is 12.0. The van der Waals surface area contributed by atoms with Crippen LogP contribution < -0.4 is 5.32 Å². The Morgan fingerprint density at radius 3 is 2.90 bits per heavy atom. The highest BCUT2D eigenvalue weighted by Crippen LogP contribution is 2.36. The van der Waals surface area contributed by atoms with Gasteiger partial charge in [0.2, 0.25) is 5.91 Å². The third kappa shape index (κ3) is 2.53. The topological polar surface area (TPSA) is 58.6 Å². The van der Waals surface area contributed by atoms with E-state index in [9.17, 15) is 9.59 Å². The van der Waals surface area contributed by atoms with Gasteiger partial charge in [0.25, 0.3) is 5.91 Å². The molecule has 3 rings (SSSR count). The Hall–Kier alpha value is -1.53. The number of carbonyl (C=O) groups is 2. The van der Waals surface area contributed by atoms with Crippen LogP contribution in [0.5, 0.6) is 0 Å². The summed E-state index contributed by atoms with van der Waals surface area (Å²) in [7, 11) is 0. The molecule has 1 saturated heterocycles. The van der Waals surface area contributed by atoms with Gasteiger partial charge in [-0.2, -0.15) is 0 Å². The molecule has 1 fully saturated rings. The molecule has 106 valence electrons. The quantitative estimate of drug-likeness (QED) is 0.854. The molecule has 1 aromatic carbocycles. The van der Waals surface area contributed by atoms with E-state index in [2.05, 4.69) is 5.32 Å². The first kappa shape index (κ1) is 13.5. The second-order valence-corrected chi connectivity index (χ2v) is 6.25. The smallest absolute Gasteiger partial charge is 0.254 e. The summed E-state index contributed by atoms with van der Waals surface area (Å²) < 4.78 is 5.25. The standard InChI is InChI=1S/C14H16N2O3S/c1-9-13(17)15-11-8-10(2-3-12(11)20-9)14(18)16-4-6-19-7-5-16/h2-3,8-9H,4-7H2,1H3,(H,15,17)/t9-/m0/s1.